The minimum Gasteiger partial charge on any atom is -0.375 e. The predicted molar refractivity (Wildman–Crippen MR) is 65.1 cm³/mol. The molecule has 1 heterocycles. The Bertz CT molecular complexity index is 494. The molecule has 0 aliphatic heterocycles. The van der Waals surface area contributed by atoms with Crippen molar-refractivity contribution in [1.82, 2.24) is 4.98 Å². The van der Waals surface area contributed by atoms with Gasteiger partial charge in [0.2, 0.25) is 0 Å². The zero-order valence-corrected chi connectivity index (χ0v) is 9.85. The summed E-state index contributed by atoms with van der Waals surface area (Å²) in [6.45, 7) is 1.95. The number of aryl methyl sites for hydroxylation is 3. The van der Waals surface area contributed by atoms with E-state index in [2.05, 4.69) is 4.98 Å². The highest BCUT2D eigenvalue weighted by Gasteiger charge is 2.05. The van der Waals surface area contributed by atoms with E-state index >= 15 is 0 Å². The molecule has 2 nitrogen and oxygen atoms in total. The number of thiazole rings is 1. The van der Waals surface area contributed by atoms with E-state index in [0.29, 0.717) is 5.13 Å². The molecule has 2 rings (SSSR count). The van der Waals surface area contributed by atoms with Crippen molar-refractivity contribution >= 4 is 16.5 Å². The summed E-state index contributed by atoms with van der Waals surface area (Å²) in [6.07, 6.45) is 1.68. The summed E-state index contributed by atoms with van der Waals surface area (Å²) < 4.78 is 12.9. The molecule has 0 atom stereocenters. The maximum absolute atomic E-state index is 12.9. The highest BCUT2D eigenvalue weighted by atomic mass is 32.1. The SMILES string of the molecule is Cc1nc(N)sc1CCc1cccc(F)c1. The zero-order valence-electron chi connectivity index (χ0n) is 9.03. The highest BCUT2D eigenvalue weighted by Crippen LogP contribution is 2.21. The lowest BCUT2D eigenvalue weighted by atomic mass is 10.1. The number of hydrogen-bond acceptors (Lipinski definition) is 3. The molecule has 1 aromatic heterocycles. The summed E-state index contributed by atoms with van der Waals surface area (Å²) in [6, 6.07) is 6.69. The highest BCUT2D eigenvalue weighted by molar-refractivity contribution is 7.15. The fourth-order valence-corrected chi connectivity index (χ4v) is 2.47. The van der Waals surface area contributed by atoms with Crippen molar-refractivity contribution in [2.45, 2.75) is 19.8 Å². The van der Waals surface area contributed by atoms with Crippen LogP contribution < -0.4 is 5.73 Å². The van der Waals surface area contributed by atoms with Gasteiger partial charge in [0, 0.05) is 4.88 Å². The maximum Gasteiger partial charge on any atom is 0.180 e. The molecule has 0 aliphatic rings. The lowest BCUT2D eigenvalue weighted by molar-refractivity contribution is 0.625. The zero-order chi connectivity index (χ0) is 11.5. The Morgan fingerprint density at radius 2 is 2.19 bits per heavy atom. The first-order chi connectivity index (χ1) is 7.65. The second kappa shape index (κ2) is 4.61. The molecule has 0 saturated carbocycles. The van der Waals surface area contributed by atoms with Crippen molar-refractivity contribution < 1.29 is 4.39 Å². The summed E-state index contributed by atoms with van der Waals surface area (Å²) in [5, 5.41) is 0.603. The number of hydrogen-bond donors (Lipinski definition) is 1. The third-order valence-electron chi connectivity index (χ3n) is 2.44. The van der Waals surface area contributed by atoms with Crippen molar-refractivity contribution in [2.75, 3.05) is 5.73 Å². The largest absolute Gasteiger partial charge is 0.375 e. The van der Waals surface area contributed by atoms with Crippen molar-refractivity contribution in [3.8, 4) is 0 Å². The fraction of sp³-hybridized carbons (Fsp3) is 0.250. The van der Waals surface area contributed by atoms with Crippen LogP contribution in [-0.2, 0) is 12.8 Å². The molecule has 1 aromatic carbocycles. The molecule has 4 heteroatoms. The van der Waals surface area contributed by atoms with Gasteiger partial charge in [-0.15, -0.1) is 11.3 Å². The number of anilines is 1. The fourth-order valence-electron chi connectivity index (χ4n) is 1.63. The third-order valence-corrected chi connectivity index (χ3v) is 3.49. The van der Waals surface area contributed by atoms with E-state index in [4.69, 9.17) is 5.73 Å². The first kappa shape index (κ1) is 11.1. The quantitative estimate of drug-likeness (QED) is 0.889. The van der Waals surface area contributed by atoms with Gasteiger partial charge in [-0.3, -0.25) is 0 Å². The van der Waals surface area contributed by atoms with E-state index in [0.717, 1.165) is 24.1 Å². The van der Waals surface area contributed by atoms with Gasteiger partial charge >= 0.3 is 0 Å². The molecule has 0 bridgehead atoms. The molecule has 2 aromatic rings. The van der Waals surface area contributed by atoms with Gasteiger partial charge in [-0.2, -0.15) is 0 Å². The Balaban J connectivity index is 2.05. The molecule has 0 spiro atoms. The average Bonchev–Trinajstić information content (AvgIpc) is 2.54. The standard InChI is InChI=1S/C12H13FN2S/c1-8-11(16-12(14)15-8)6-5-9-3-2-4-10(13)7-9/h2-4,7H,5-6H2,1H3,(H2,14,15). The van der Waals surface area contributed by atoms with Gasteiger partial charge in [-0.25, -0.2) is 9.37 Å². The molecule has 0 unspecified atom stereocenters. The van der Waals surface area contributed by atoms with Gasteiger partial charge in [0.05, 0.1) is 5.69 Å². The molecule has 2 N–H and O–H groups in total. The molecule has 0 amide bonds. The third kappa shape index (κ3) is 2.58. The second-order valence-electron chi connectivity index (χ2n) is 3.69. The van der Waals surface area contributed by atoms with E-state index in [9.17, 15) is 4.39 Å². The van der Waals surface area contributed by atoms with Gasteiger partial charge in [0.15, 0.2) is 5.13 Å². The minimum atomic E-state index is -0.182. The number of aromatic nitrogens is 1. The van der Waals surface area contributed by atoms with Crippen LogP contribution in [0.25, 0.3) is 0 Å². The van der Waals surface area contributed by atoms with Crippen LogP contribution in [0.4, 0.5) is 9.52 Å². The molecule has 0 saturated heterocycles. The van der Waals surface area contributed by atoms with Crippen molar-refractivity contribution in [1.29, 1.82) is 0 Å². The van der Waals surface area contributed by atoms with Gasteiger partial charge in [-0.1, -0.05) is 12.1 Å². The number of nitrogens with zero attached hydrogens (tertiary/aromatic N) is 1. The summed E-state index contributed by atoms with van der Waals surface area (Å²) >= 11 is 1.51. The molecule has 16 heavy (non-hydrogen) atoms. The van der Waals surface area contributed by atoms with Gasteiger partial charge in [-0.05, 0) is 37.5 Å². The van der Waals surface area contributed by atoms with Crippen molar-refractivity contribution in [3.63, 3.8) is 0 Å². The molecular weight excluding hydrogens is 223 g/mol. The molecule has 0 aliphatic carbocycles. The topological polar surface area (TPSA) is 38.9 Å². The number of benzene rings is 1. The first-order valence-corrected chi connectivity index (χ1v) is 5.93. The number of rotatable bonds is 3. The average molecular weight is 236 g/mol. The second-order valence-corrected chi connectivity index (χ2v) is 4.81. The van der Waals surface area contributed by atoms with Crippen LogP contribution in [0, 0.1) is 12.7 Å². The van der Waals surface area contributed by atoms with E-state index < -0.39 is 0 Å². The van der Waals surface area contributed by atoms with Crippen LogP contribution in [0.3, 0.4) is 0 Å². The molecule has 84 valence electrons. The molecule has 0 fully saturated rings. The summed E-state index contributed by atoms with van der Waals surface area (Å²) in [4.78, 5) is 5.35. The van der Waals surface area contributed by atoms with E-state index in [1.54, 1.807) is 12.1 Å². The molecule has 0 radical (unpaired) electrons. The van der Waals surface area contributed by atoms with Crippen LogP contribution in [0.1, 0.15) is 16.1 Å². The minimum absolute atomic E-state index is 0.182. The Morgan fingerprint density at radius 3 is 2.81 bits per heavy atom. The first-order valence-electron chi connectivity index (χ1n) is 5.11. The lowest BCUT2D eigenvalue weighted by Crippen LogP contribution is -1.91. The van der Waals surface area contributed by atoms with E-state index in [1.807, 2.05) is 13.0 Å². The summed E-state index contributed by atoms with van der Waals surface area (Å²) in [5.74, 6) is -0.182. The predicted octanol–water partition coefficient (Wildman–Crippen LogP) is 2.96. The Hall–Kier alpha value is -1.42. The number of nitrogen functional groups attached to an aromatic ring is 1. The number of nitrogens with two attached hydrogens (primary N) is 1. The van der Waals surface area contributed by atoms with E-state index in [-0.39, 0.29) is 5.82 Å². The Kier molecular flexibility index (Phi) is 3.19. The van der Waals surface area contributed by atoms with Gasteiger partial charge in [0.1, 0.15) is 5.82 Å². The number of halogens is 1. The molecular formula is C12H13FN2S. The van der Waals surface area contributed by atoms with Gasteiger partial charge < -0.3 is 5.73 Å². The lowest BCUT2D eigenvalue weighted by Gasteiger charge is -2.00. The summed E-state index contributed by atoms with van der Waals surface area (Å²) in [7, 11) is 0. The van der Waals surface area contributed by atoms with Crippen LogP contribution >= 0.6 is 11.3 Å². The van der Waals surface area contributed by atoms with Crippen LogP contribution in [0.2, 0.25) is 0 Å². The smallest absolute Gasteiger partial charge is 0.180 e. The van der Waals surface area contributed by atoms with Gasteiger partial charge in [0.25, 0.3) is 0 Å². The Labute approximate surface area is 97.9 Å². The normalized spacial score (nSPS) is 10.6. The van der Waals surface area contributed by atoms with Crippen molar-refractivity contribution in [3.05, 3.63) is 46.2 Å². The maximum atomic E-state index is 12.9. The van der Waals surface area contributed by atoms with Crippen LogP contribution in [-0.4, -0.2) is 4.98 Å². The van der Waals surface area contributed by atoms with Crippen molar-refractivity contribution in [2.24, 2.45) is 0 Å². The summed E-state index contributed by atoms with van der Waals surface area (Å²) in [5.41, 5.74) is 7.61. The Morgan fingerprint density at radius 1 is 1.38 bits per heavy atom. The van der Waals surface area contributed by atoms with Crippen LogP contribution in [0.5, 0.6) is 0 Å². The monoisotopic (exact) mass is 236 g/mol. The van der Waals surface area contributed by atoms with E-state index in [1.165, 1.54) is 22.3 Å². The van der Waals surface area contributed by atoms with Crippen LogP contribution in [0.15, 0.2) is 24.3 Å².